The minimum Gasteiger partial charge on any atom is -0.487 e. The summed E-state index contributed by atoms with van der Waals surface area (Å²) in [5, 5.41) is 12.3. The molecule has 0 aromatic heterocycles. The van der Waals surface area contributed by atoms with Gasteiger partial charge in [0, 0.05) is 5.56 Å². The van der Waals surface area contributed by atoms with Gasteiger partial charge < -0.3 is 9.94 Å². The van der Waals surface area contributed by atoms with Gasteiger partial charge >= 0.3 is 0 Å². The zero-order chi connectivity index (χ0) is 12.8. The van der Waals surface area contributed by atoms with E-state index in [0.717, 1.165) is 16.9 Å². The van der Waals surface area contributed by atoms with Crippen LogP contribution in [0.4, 0.5) is 0 Å². The molecule has 0 bridgehead atoms. The van der Waals surface area contributed by atoms with Gasteiger partial charge in [-0.15, -0.1) is 0 Å². The van der Waals surface area contributed by atoms with Crippen molar-refractivity contribution in [2.24, 2.45) is 5.16 Å². The largest absolute Gasteiger partial charge is 0.487 e. The molecule has 0 aliphatic carbocycles. The van der Waals surface area contributed by atoms with Crippen LogP contribution in [-0.2, 0) is 0 Å². The Hall–Kier alpha value is -2.29. The van der Waals surface area contributed by atoms with E-state index >= 15 is 0 Å². The van der Waals surface area contributed by atoms with Crippen molar-refractivity contribution >= 4 is 5.71 Å². The number of para-hydroxylation sites is 1. The van der Waals surface area contributed by atoms with Gasteiger partial charge in [0.25, 0.3) is 0 Å². The third-order valence-corrected chi connectivity index (χ3v) is 2.69. The summed E-state index contributed by atoms with van der Waals surface area (Å²) in [4.78, 5) is 0. The average molecular weight is 241 g/mol. The van der Waals surface area contributed by atoms with E-state index in [1.54, 1.807) is 0 Å². The van der Waals surface area contributed by atoms with Crippen molar-refractivity contribution in [3.05, 3.63) is 65.7 Å². The van der Waals surface area contributed by atoms with Crippen molar-refractivity contribution in [1.29, 1.82) is 0 Å². The van der Waals surface area contributed by atoms with Gasteiger partial charge in [0.15, 0.2) is 0 Å². The Kier molecular flexibility index (Phi) is 3.97. The zero-order valence-corrected chi connectivity index (χ0v) is 10.2. The molecule has 3 heteroatoms. The van der Waals surface area contributed by atoms with Crippen LogP contribution in [0.2, 0.25) is 0 Å². The molecule has 0 spiro atoms. The van der Waals surface area contributed by atoms with Gasteiger partial charge in [-0.1, -0.05) is 53.7 Å². The van der Waals surface area contributed by atoms with Crippen LogP contribution in [-0.4, -0.2) is 17.5 Å². The summed E-state index contributed by atoms with van der Waals surface area (Å²) in [7, 11) is 0. The molecular formula is C15H15NO2. The van der Waals surface area contributed by atoms with Crippen LogP contribution in [0.5, 0.6) is 5.75 Å². The maximum Gasteiger partial charge on any atom is 0.134 e. The Morgan fingerprint density at radius 1 is 1.06 bits per heavy atom. The Balaban J connectivity index is 2.08. The second-order valence-electron chi connectivity index (χ2n) is 3.97. The quantitative estimate of drug-likeness (QED) is 0.507. The monoisotopic (exact) mass is 241 g/mol. The summed E-state index contributed by atoms with van der Waals surface area (Å²) in [5.41, 5.74) is 2.43. The zero-order valence-electron chi connectivity index (χ0n) is 10.2. The number of oxime groups is 1. The molecule has 0 aliphatic heterocycles. The van der Waals surface area contributed by atoms with Crippen LogP contribution in [0.3, 0.4) is 0 Å². The summed E-state index contributed by atoms with van der Waals surface area (Å²) < 4.78 is 5.65. The second-order valence-corrected chi connectivity index (χ2v) is 3.97. The predicted molar refractivity (Wildman–Crippen MR) is 71.4 cm³/mol. The van der Waals surface area contributed by atoms with E-state index in [9.17, 15) is 0 Å². The first-order chi connectivity index (χ1) is 8.81. The fourth-order valence-corrected chi connectivity index (χ4v) is 1.66. The SMILES string of the molecule is Cc1ccccc1OCC(=NO)c1ccccc1. The van der Waals surface area contributed by atoms with E-state index in [1.807, 2.05) is 61.5 Å². The van der Waals surface area contributed by atoms with Gasteiger partial charge in [-0.05, 0) is 18.6 Å². The standard InChI is InChI=1S/C15H15NO2/c1-12-7-5-6-10-15(12)18-11-14(16-17)13-8-3-2-4-9-13/h2-10,17H,11H2,1H3. The summed E-state index contributed by atoms with van der Waals surface area (Å²) >= 11 is 0. The lowest BCUT2D eigenvalue weighted by molar-refractivity contribution is 0.308. The summed E-state index contributed by atoms with van der Waals surface area (Å²) in [6.07, 6.45) is 0. The molecule has 0 aliphatic rings. The first-order valence-electron chi connectivity index (χ1n) is 5.76. The molecule has 3 nitrogen and oxygen atoms in total. The molecule has 0 radical (unpaired) electrons. The molecule has 0 saturated carbocycles. The van der Waals surface area contributed by atoms with E-state index in [1.165, 1.54) is 0 Å². The van der Waals surface area contributed by atoms with Crippen LogP contribution in [0, 0.1) is 6.92 Å². The minimum atomic E-state index is 0.241. The molecule has 0 unspecified atom stereocenters. The molecule has 2 rings (SSSR count). The van der Waals surface area contributed by atoms with Crippen molar-refractivity contribution in [3.63, 3.8) is 0 Å². The van der Waals surface area contributed by atoms with Crippen LogP contribution in [0.1, 0.15) is 11.1 Å². The molecule has 0 fully saturated rings. The first-order valence-corrected chi connectivity index (χ1v) is 5.76. The van der Waals surface area contributed by atoms with E-state index in [0.29, 0.717) is 5.71 Å². The van der Waals surface area contributed by atoms with Gasteiger partial charge in [-0.25, -0.2) is 0 Å². The van der Waals surface area contributed by atoms with Crippen molar-refractivity contribution in [2.75, 3.05) is 6.61 Å². The van der Waals surface area contributed by atoms with Crippen molar-refractivity contribution in [2.45, 2.75) is 6.92 Å². The Morgan fingerprint density at radius 3 is 2.39 bits per heavy atom. The summed E-state index contributed by atoms with van der Waals surface area (Å²) in [6, 6.07) is 17.2. The van der Waals surface area contributed by atoms with Gasteiger partial charge in [0.2, 0.25) is 0 Å². The molecule has 1 N–H and O–H groups in total. The fourth-order valence-electron chi connectivity index (χ4n) is 1.66. The van der Waals surface area contributed by atoms with E-state index < -0.39 is 0 Å². The third-order valence-electron chi connectivity index (χ3n) is 2.69. The minimum absolute atomic E-state index is 0.241. The Labute approximate surface area is 106 Å². The van der Waals surface area contributed by atoms with E-state index in [4.69, 9.17) is 9.94 Å². The number of benzene rings is 2. The smallest absolute Gasteiger partial charge is 0.134 e. The first kappa shape index (κ1) is 12.2. The maximum atomic E-state index is 9.03. The number of hydrogen-bond donors (Lipinski definition) is 1. The number of ether oxygens (including phenoxy) is 1. The highest BCUT2D eigenvalue weighted by atomic mass is 16.5. The second kappa shape index (κ2) is 5.87. The lowest BCUT2D eigenvalue weighted by atomic mass is 10.1. The fraction of sp³-hybridized carbons (Fsp3) is 0.133. The van der Waals surface area contributed by atoms with Crippen LogP contribution < -0.4 is 4.74 Å². The molecule has 18 heavy (non-hydrogen) atoms. The number of nitrogens with zero attached hydrogens (tertiary/aromatic N) is 1. The lowest BCUT2D eigenvalue weighted by Gasteiger charge is -2.09. The van der Waals surface area contributed by atoms with Crippen LogP contribution in [0.15, 0.2) is 59.8 Å². The highest BCUT2D eigenvalue weighted by Gasteiger charge is 2.06. The third kappa shape index (κ3) is 2.88. The molecule has 0 atom stereocenters. The van der Waals surface area contributed by atoms with E-state index in [-0.39, 0.29) is 6.61 Å². The Morgan fingerprint density at radius 2 is 1.72 bits per heavy atom. The molecule has 0 amide bonds. The van der Waals surface area contributed by atoms with Gasteiger partial charge in [-0.2, -0.15) is 0 Å². The van der Waals surface area contributed by atoms with Gasteiger partial charge in [0.1, 0.15) is 18.1 Å². The normalized spacial score (nSPS) is 11.3. The van der Waals surface area contributed by atoms with Gasteiger partial charge in [-0.3, -0.25) is 0 Å². The van der Waals surface area contributed by atoms with E-state index in [2.05, 4.69) is 5.16 Å². The summed E-state index contributed by atoms with van der Waals surface area (Å²) in [6.45, 7) is 2.22. The van der Waals surface area contributed by atoms with Crippen LogP contribution >= 0.6 is 0 Å². The lowest BCUT2D eigenvalue weighted by Crippen LogP contribution is -2.13. The highest BCUT2D eigenvalue weighted by Crippen LogP contribution is 2.16. The molecule has 0 saturated heterocycles. The molecule has 2 aromatic rings. The summed E-state index contributed by atoms with van der Waals surface area (Å²) in [5.74, 6) is 0.801. The molecule has 0 heterocycles. The molecular weight excluding hydrogens is 226 g/mol. The molecule has 2 aromatic carbocycles. The molecule has 92 valence electrons. The Bertz CT molecular complexity index is 535. The highest BCUT2D eigenvalue weighted by molar-refractivity contribution is 6.01. The number of hydrogen-bond acceptors (Lipinski definition) is 3. The average Bonchev–Trinajstić information content (AvgIpc) is 2.42. The van der Waals surface area contributed by atoms with Crippen LogP contribution in [0.25, 0.3) is 0 Å². The number of rotatable bonds is 4. The van der Waals surface area contributed by atoms with Crippen molar-refractivity contribution in [1.82, 2.24) is 0 Å². The maximum absolute atomic E-state index is 9.03. The number of aryl methyl sites for hydroxylation is 1. The van der Waals surface area contributed by atoms with Crippen molar-refractivity contribution in [3.8, 4) is 5.75 Å². The van der Waals surface area contributed by atoms with Gasteiger partial charge in [0.05, 0.1) is 0 Å². The topological polar surface area (TPSA) is 41.8 Å². The van der Waals surface area contributed by atoms with Crippen molar-refractivity contribution < 1.29 is 9.94 Å². The predicted octanol–water partition coefficient (Wildman–Crippen LogP) is 3.25.